The molecule has 0 radical (unpaired) electrons. The predicted octanol–water partition coefficient (Wildman–Crippen LogP) is 2.49. The molecule has 0 spiro atoms. The average Bonchev–Trinajstić information content (AvgIpc) is 2.42. The summed E-state index contributed by atoms with van der Waals surface area (Å²) in [6.45, 7) is 0. The highest BCUT2D eigenvalue weighted by atomic mass is 16.4. The van der Waals surface area contributed by atoms with E-state index >= 15 is 0 Å². The van der Waals surface area contributed by atoms with Gasteiger partial charge in [-0.2, -0.15) is 0 Å². The van der Waals surface area contributed by atoms with Crippen LogP contribution < -0.4 is 0 Å². The molecule has 2 rings (SSSR count). The lowest BCUT2D eigenvalue weighted by atomic mass is 10.2. The molecule has 0 aromatic carbocycles. The van der Waals surface area contributed by atoms with Crippen LogP contribution in [-0.4, -0.2) is 11.1 Å². The van der Waals surface area contributed by atoms with Gasteiger partial charge in [-0.05, 0) is 23.3 Å². The van der Waals surface area contributed by atoms with Crippen LogP contribution >= 0.6 is 0 Å². The van der Waals surface area contributed by atoms with Crippen LogP contribution in [0.2, 0.25) is 0 Å². The van der Waals surface area contributed by atoms with Gasteiger partial charge in [0.25, 0.3) is 0 Å². The molecule has 0 fully saturated rings. The van der Waals surface area contributed by atoms with Crippen molar-refractivity contribution < 1.29 is 9.90 Å². The van der Waals surface area contributed by atoms with Gasteiger partial charge in [0.15, 0.2) is 0 Å². The zero-order valence-electron chi connectivity index (χ0n) is 6.90. The molecule has 0 aromatic heterocycles. The van der Waals surface area contributed by atoms with E-state index in [4.69, 9.17) is 5.11 Å². The van der Waals surface area contributed by atoms with Crippen LogP contribution in [0.3, 0.4) is 0 Å². The summed E-state index contributed by atoms with van der Waals surface area (Å²) in [5, 5.41) is 8.79. The lowest BCUT2D eigenvalue weighted by Gasteiger charge is -1.90. The second-order valence-corrected chi connectivity index (χ2v) is 2.87. The Morgan fingerprint density at radius 3 is 2.31 bits per heavy atom. The standard InChI is InChI=1S/C11H8O2/c12-11(13)10-6-2-4-8-3-1-5-9(8)7-10/h1-7H,(H,12,13). The van der Waals surface area contributed by atoms with Crippen molar-refractivity contribution in [2.75, 3.05) is 0 Å². The Labute approximate surface area is 75.8 Å². The quantitative estimate of drug-likeness (QED) is 0.717. The maximum Gasteiger partial charge on any atom is 0.335 e. The summed E-state index contributed by atoms with van der Waals surface area (Å²) in [6.07, 6.45) is 0. The molecular weight excluding hydrogens is 164 g/mol. The van der Waals surface area contributed by atoms with E-state index in [9.17, 15) is 4.79 Å². The number of carboxylic acids is 1. The van der Waals surface area contributed by atoms with Crippen LogP contribution in [-0.2, 0) is 0 Å². The van der Waals surface area contributed by atoms with E-state index in [0.29, 0.717) is 5.56 Å². The molecule has 0 aromatic rings. The Hall–Kier alpha value is -1.83. The van der Waals surface area contributed by atoms with Gasteiger partial charge in [-0.25, -0.2) is 4.79 Å². The number of hydrogen-bond acceptors (Lipinski definition) is 1. The van der Waals surface area contributed by atoms with Gasteiger partial charge in [0.05, 0.1) is 5.56 Å². The number of aromatic carboxylic acids is 1. The lowest BCUT2D eigenvalue weighted by Crippen LogP contribution is -1.93. The van der Waals surface area contributed by atoms with Crippen molar-refractivity contribution in [3.63, 3.8) is 0 Å². The van der Waals surface area contributed by atoms with Crippen molar-refractivity contribution in [1.82, 2.24) is 0 Å². The summed E-state index contributed by atoms with van der Waals surface area (Å²) >= 11 is 0. The summed E-state index contributed by atoms with van der Waals surface area (Å²) in [6, 6.07) is 12.7. The molecule has 0 amide bonds. The largest absolute Gasteiger partial charge is 0.478 e. The van der Waals surface area contributed by atoms with Crippen LogP contribution in [0.4, 0.5) is 0 Å². The minimum absolute atomic E-state index is 0.321. The van der Waals surface area contributed by atoms with Crippen molar-refractivity contribution in [1.29, 1.82) is 0 Å². The Morgan fingerprint density at radius 1 is 1.00 bits per heavy atom. The van der Waals surface area contributed by atoms with Gasteiger partial charge in [0.2, 0.25) is 0 Å². The minimum Gasteiger partial charge on any atom is -0.478 e. The Kier molecular flexibility index (Phi) is 1.74. The van der Waals surface area contributed by atoms with Crippen molar-refractivity contribution in [3.8, 4) is 11.1 Å². The second-order valence-electron chi connectivity index (χ2n) is 2.87. The van der Waals surface area contributed by atoms with Gasteiger partial charge in [0.1, 0.15) is 0 Å². The molecule has 0 unspecified atom stereocenters. The first-order valence-corrected chi connectivity index (χ1v) is 3.99. The smallest absolute Gasteiger partial charge is 0.335 e. The van der Waals surface area contributed by atoms with Crippen molar-refractivity contribution >= 4 is 5.97 Å². The molecule has 2 aliphatic rings. The zero-order chi connectivity index (χ0) is 9.26. The van der Waals surface area contributed by atoms with Gasteiger partial charge in [-0.15, -0.1) is 0 Å². The van der Waals surface area contributed by atoms with E-state index in [-0.39, 0.29) is 0 Å². The first-order valence-electron chi connectivity index (χ1n) is 3.99. The summed E-state index contributed by atoms with van der Waals surface area (Å²) in [7, 11) is 0. The molecule has 13 heavy (non-hydrogen) atoms. The van der Waals surface area contributed by atoms with Crippen LogP contribution in [0.25, 0.3) is 11.1 Å². The van der Waals surface area contributed by atoms with Gasteiger partial charge in [-0.3, -0.25) is 0 Å². The number of fused-ring (bicyclic) bond motifs is 1. The Morgan fingerprint density at radius 2 is 1.62 bits per heavy atom. The molecule has 0 aliphatic heterocycles. The zero-order valence-corrected chi connectivity index (χ0v) is 6.90. The van der Waals surface area contributed by atoms with Gasteiger partial charge in [-0.1, -0.05) is 30.3 Å². The monoisotopic (exact) mass is 172 g/mol. The third-order valence-corrected chi connectivity index (χ3v) is 1.99. The van der Waals surface area contributed by atoms with E-state index in [1.165, 1.54) is 0 Å². The van der Waals surface area contributed by atoms with E-state index in [1.54, 1.807) is 18.2 Å². The van der Waals surface area contributed by atoms with Crippen LogP contribution in [0.1, 0.15) is 10.4 Å². The molecule has 0 heterocycles. The van der Waals surface area contributed by atoms with E-state index in [1.807, 2.05) is 24.3 Å². The molecule has 2 heteroatoms. The van der Waals surface area contributed by atoms with E-state index < -0.39 is 5.97 Å². The van der Waals surface area contributed by atoms with Gasteiger partial charge >= 0.3 is 5.97 Å². The van der Waals surface area contributed by atoms with Crippen LogP contribution in [0.5, 0.6) is 0 Å². The summed E-state index contributed by atoms with van der Waals surface area (Å²) in [5.41, 5.74) is 2.34. The molecule has 2 aliphatic carbocycles. The van der Waals surface area contributed by atoms with E-state index in [0.717, 1.165) is 11.1 Å². The number of carboxylic acid groups (broad SMARTS) is 1. The highest BCUT2D eigenvalue weighted by Gasteiger charge is 2.04. The minimum atomic E-state index is -0.890. The van der Waals surface area contributed by atoms with Crippen LogP contribution in [0.15, 0.2) is 42.5 Å². The van der Waals surface area contributed by atoms with Gasteiger partial charge in [0, 0.05) is 0 Å². The fourth-order valence-corrected chi connectivity index (χ4v) is 1.34. The summed E-state index contributed by atoms with van der Waals surface area (Å²) < 4.78 is 0. The molecule has 0 atom stereocenters. The maximum atomic E-state index is 10.7. The molecule has 0 saturated carbocycles. The molecule has 0 bridgehead atoms. The Bertz CT molecular complexity index is 420. The van der Waals surface area contributed by atoms with E-state index in [2.05, 4.69) is 0 Å². The van der Waals surface area contributed by atoms with Crippen LogP contribution in [0, 0.1) is 0 Å². The third-order valence-electron chi connectivity index (χ3n) is 1.99. The van der Waals surface area contributed by atoms with Gasteiger partial charge < -0.3 is 5.11 Å². The fourth-order valence-electron chi connectivity index (χ4n) is 1.34. The van der Waals surface area contributed by atoms with Crippen molar-refractivity contribution in [2.45, 2.75) is 0 Å². The first-order chi connectivity index (χ1) is 6.27. The fraction of sp³-hybridized carbons (Fsp3) is 0. The lowest BCUT2D eigenvalue weighted by molar-refractivity contribution is 0.0697. The normalized spacial score (nSPS) is 10.2. The second kappa shape index (κ2) is 2.90. The maximum absolute atomic E-state index is 10.7. The molecular formula is C11H8O2. The highest BCUT2D eigenvalue weighted by Crippen LogP contribution is 2.22. The Balaban J connectivity index is 2.64. The summed E-state index contributed by atoms with van der Waals surface area (Å²) in [5.74, 6) is -0.890. The third kappa shape index (κ3) is 1.38. The highest BCUT2D eigenvalue weighted by molar-refractivity contribution is 5.89. The molecule has 1 N–H and O–H groups in total. The first kappa shape index (κ1) is 7.80. The van der Waals surface area contributed by atoms with Crippen molar-refractivity contribution in [3.05, 3.63) is 48.0 Å². The SMILES string of the molecule is O=C(O)c1cccc2cccc-2c1. The topological polar surface area (TPSA) is 37.3 Å². The average molecular weight is 172 g/mol. The van der Waals surface area contributed by atoms with Crippen molar-refractivity contribution in [2.24, 2.45) is 0 Å². The molecule has 64 valence electrons. The number of rotatable bonds is 1. The number of hydrogen-bond donors (Lipinski definition) is 1. The predicted molar refractivity (Wildman–Crippen MR) is 50.0 cm³/mol. The molecule has 2 nitrogen and oxygen atoms in total. The number of carbonyl (C=O) groups is 1. The molecule has 0 saturated heterocycles. The summed E-state index contributed by atoms with van der Waals surface area (Å²) in [4.78, 5) is 10.7.